The quantitative estimate of drug-likeness (QED) is 0.0665. The Hall–Kier alpha value is -4.84. The number of carbonyl (C=O) groups is 2. The summed E-state index contributed by atoms with van der Waals surface area (Å²) in [4.78, 5) is 36.7. The van der Waals surface area contributed by atoms with Crippen molar-refractivity contribution in [3.05, 3.63) is 75.5 Å². The topological polar surface area (TPSA) is 273 Å². The van der Waals surface area contributed by atoms with E-state index in [2.05, 4.69) is 15.3 Å². The van der Waals surface area contributed by atoms with E-state index in [1.54, 1.807) is 18.3 Å². The van der Waals surface area contributed by atoms with Crippen molar-refractivity contribution < 1.29 is 54.4 Å². The molecule has 268 valence electrons. The summed E-state index contributed by atoms with van der Waals surface area (Å²) in [5.41, 5.74) is 12.5. The number of ether oxygens (including phenoxy) is 3. The number of anilines is 1. The molecule has 0 radical (unpaired) electrons. The zero-order valence-corrected chi connectivity index (χ0v) is 27.4. The Morgan fingerprint density at radius 2 is 1.80 bits per heavy atom. The van der Waals surface area contributed by atoms with Gasteiger partial charge in [-0.2, -0.15) is 0 Å². The first-order valence-electron chi connectivity index (χ1n) is 15.9. The highest BCUT2D eigenvalue weighted by Crippen LogP contribution is 2.43. The van der Waals surface area contributed by atoms with Gasteiger partial charge in [0.1, 0.15) is 47.5 Å². The van der Waals surface area contributed by atoms with Crippen LogP contribution >= 0.6 is 0 Å². The number of aliphatic hydroxyl groups excluding tert-OH is 5. The van der Waals surface area contributed by atoms with Crippen molar-refractivity contribution in [3.8, 4) is 17.2 Å². The number of nitrogen functional groups attached to an aromatic ring is 1. The van der Waals surface area contributed by atoms with Crippen LogP contribution in [0.15, 0.2) is 41.5 Å². The van der Waals surface area contributed by atoms with E-state index in [1.165, 1.54) is 26.3 Å². The SMILES string of the molecule is CN=C(N)NCc1c(CC(CCCO)c2ccc(N)nc2)cc2c(c1O)C(=O)c1c(OC3OC(CO)C(O)C(O)C3O)cc(OC)cc1C2=O. The summed E-state index contributed by atoms with van der Waals surface area (Å²) in [6.07, 6.45) is -5.36. The standard InChI is InChI=1S/C34H41N5O11/c1-37-34(36)39-13-21-17(8-15(4-3-7-40)16-5-6-24(35)38-12-16)9-19-26(28(21)43)30(45)25-20(27(19)42)10-18(48-2)11-22(25)49-33-32(47)31(46)29(44)23(14-41)50-33/h5-6,9-12,15,23,29,31-33,40-41,43-44,46-47H,3-4,7-8,13-14H2,1-2H3,(H2,35,38)(H3,36,37,39). The highest BCUT2D eigenvalue weighted by molar-refractivity contribution is 6.30. The molecular weight excluding hydrogens is 654 g/mol. The van der Waals surface area contributed by atoms with E-state index in [0.717, 1.165) is 5.56 Å². The maximum atomic E-state index is 14.3. The van der Waals surface area contributed by atoms with Crippen molar-refractivity contribution in [2.45, 2.75) is 62.4 Å². The molecule has 1 aliphatic heterocycles. The normalized spacial score (nSPS) is 22.5. The van der Waals surface area contributed by atoms with Gasteiger partial charge >= 0.3 is 0 Å². The summed E-state index contributed by atoms with van der Waals surface area (Å²) >= 11 is 0. The maximum Gasteiger partial charge on any atom is 0.229 e. The number of aromatic nitrogens is 1. The molecule has 6 unspecified atom stereocenters. The van der Waals surface area contributed by atoms with Crippen LogP contribution in [0.2, 0.25) is 0 Å². The Bertz CT molecular complexity index is 1770. The predicted molar refractivity (Wildman–Crippen MR) is 178 cm³/mol. The number of nitrogens with two attached hydrogens (primary N) is 2. The molecular formula is C34H41N5O11. The fraction of sp³-hybridized carbons (Fsp3) is 0.412. The molecule has 16 heteroatoms. The number of hydrogen-bond donors (Lipinski definition) is 9. The third-order valence-electron chi connectivity index (χ3n) is 8.99. The fourth-order valence-corrected chi connectivity index (χ4v) is 6.23. The summed E-state index contributed by atoms with van der Waals surface area (Å²) in [7, 11) is 2.80. The first kappa shape index (κ1) is 36.4. The number of fused-ring (bicyclic) bond motifs is 2. The Kier molecular flexibility index (Phi) is 11.2. The van der Waals surface area contributed by atoms with E-state index in [-0.39, 0.29) is 70.8 Å². The van der Waals surface area contributed by atoms with Gasteiger partial charge in [0.15, 0.2) is 11.7 Å². The van der Waals surface area contributed by atoms with E-state index >= 15 is 0 Å². The molecule has 0 saturated carbocycles. The molecule has 2 aliphatic rings. The number of nitrogens with zero attached hydrogens (tertiary/aromatic N) is 2. The molecule has 0 bridgehead atoms. The second-order valence-electron chi connectivity index (χ2n) is 12.1. The molecule has 1 aromatic heterocycles. The third kappa shape index (κ3) is 7.07. The minimum Gasteiger partial charge on any atom is -0.507 e. The lowest BCUT2D eigenvalue weighted by Crippen LogP contribution is -2.60. The number of guanidine groups is 1. The number of methoxy groups -OCH3 is 1. The second kappa shape index (κ2) is 15.4. The lowest BCUT2D eigenvalue weighted by molar-refractivity contribution is -0.277. The minimum atomic E-state index is -1.81. The van der Waals surface area contributed by atoms with Gasteiger partial charge < -0.3 is 61.6 Å². The minimum absolute atomic E-state index is 0.0581. The molecule has 1 saturated heterocycles. The third-order valence-corrected chi connectivity index (χ3v) is 8.99. The molecule has 50 heavy (non-hydrogen) atoms. The largest absolute Gasteiger partial charge is 0.507 e. The van der Waals surface area contributed by atoms with Crippen LogP contribution in [0, 0.1) is 0 Å². The molecule has 2 heterocycles. The number of aliphatic imine (C=N–C) groups is 1. The Morgan fingerprint density at radius 3 is 2.44 bits per heavy atom. The van der Waals surface area contributed by atoms with Gasteiger partial charge in [0.2, 0.25) is 12.1 Å². The number of carbonyl (C=O) groups excluding carboxylic acids is 2. The van der Waals surface area contributed by atoms with Gasteiger partial charge in [0, 0.05) is 49.2 Å². The van der Waals surface area contributed by atoms with Gasteiger partial charge in [-0.3, -0.25) is 14.6 Å². The number of phenolic OH excluding ortho intramolecular Hbond substituents is 1. The molecule has 5 rings (SSSR count). The molecule has 0 amide bonds. The van der Waals surface area contributed by atoms with Gasteiger partial charge in [-0.15, -0.1) is 0 Å². The molecule has 0 spiro atoms. The van der Waals surface area contributed by atoms with E-state index in [9.17, 15) is 40.2 Å². The molecule has 1 fully saturated rings. The number of nitrogens with one attached hydrogen (secondary N) is 1. The van der Waals surface area contributed by atoms with Crippen LogP contribution in [0.5, 0.6) is 17.2 Å². The number of rotatable bonds is 12. The molecule has 6 atom stereocenters. The van der Waals surface area contributed by atoms with Crippen molar-refractivity contribution in [3.63, 3.8) is 0 Å². The predicted octanol–water partition coefficient (Wildman–Crippen LogP) is -0.535. The van der Waals surface area contributed by atoms with E-state index in [4.69, 9.17) is 25.7 Å². The number of benzene rings is 2. The van der Waals surface area contributed by atoms with Gasteiger partial charge in [-0.1, -0.05) is 6.07 Å². The number of aromatic hydroxyl groups is 1. The van der Waals surface area contributed by atoms with Crippen molar-refractivity contribution in [1.29, 1.82) is 0 Å². The van der Waals surface area contributed by atoms with Crippen LogP contribution in [-0.4, -0.2) is 111 Å². The van der Waals surface area contributed by atoms with E-state index in [1.807, 2.05) is 6.07 Å². The van der Waals surface area contributed by atoms with Crippen LogP contribution in [0.4, 0.5) is 5.82 Å². The van der Waals surface area contributed by atoms with Crippen molar-refractivity contribution >= 4 is 23.3 Å². The number of phenols is 1. The highest BCUT2D eigenvalue weighted by atomic mass is 16.7. The zero-order chi connectivity index (χ0) is 36.3. The zero-order valence-electron chi connectivity index (χ0n) is 27.4. The van der Waals surface area contributed by atoms with Crippen LogP contribution in [-0.2, 0) is 17.7 Å². The second-order valence-corrected chi connectivity index (χ2v) is 12.1. The molecule has 16 nitrogen and oxygen atoms in total. The number of ketones is 2. The van der Waals surface area contributed by atoms with E-state index in [0.29, 0.717) is 24.2 Å². The van der Waals surface area contributed by atoms with Gasteiger partial charge in [0.25, 0.3) is 0 Å². The van der Waals surface area contributed by atoms with Gasteiger partial charge in [-0.25, -0.2) is 4.98 Å². The van der Waals surface area contributed by atoms with Gasteiger partial charge in [0.05, 0.1) is 24.8 Å². The van der Waals surface area contributed by atoms with Crippen LogP contribution in [0.25, 0.3) is 0 Å². The number of hydrogen-bond acceptors (Lipinski definition) is 14. The molecule has 2 aromatic carbocycles. The number of aliphatic hydroxyl groups is 5. The van der Waals surface area contributed by atoms with Crippen molar-refractivity contribution in [2.75, 3.05) is 33.1 Å². The Labute approximate surface area is 287 Å². The highest BCUT2D eigenvalue weighted by Gasteiger charge is 2.46. The smallest absolute Gasteiger partial charge is 0.229 e. The molecule has 1 aliphatic carbocycles. The van der Waals surface area contributed by atoms with Crippen LogP contribution < -0.4 is 26.3 Å². The first-order chi connectivity index (χ1) is 23.9. The average Bonchev–Trinajstić information content (AvgIpc) is 3.11. The lowest BCUT2D eigenvalue weighted by Gasteiger charge is -2.39. The summed E-state index contributed by atoms with van der Waals surface area (Å²) in [5, 5.41) is 65.1. The first-order valence-corrected chi connectivity index (χ1v) is 15.9. The van der Waals surface area contributed by atoms with Crippen molar-refractivity contribution in [1.82, 2.24) is 10.3 Å². The lowest BCUT2D eigenvalue weighted by atomic mass is 9.78. The summed E-state index contributed by atoms with van der Waals surface area (Å²) in [6.45, 7) is -0.858. The summed E-state index contributed by atoms with van der Waals surface area (Å²) < 4.78 is 16.7. The molecule has 3 aromatic rings. The fourth-order valence-electron chi connectivity index (χ4n) is 6.23. The monoisotopic (exact) mass is 695 g/mol. The van der Waals surface area contributed by atoms with Crippen LogP contribution in [0.3, 0.4) is 0 Å². The number of pyridine rings is 1. The summed E-state index contributed by atoms with van der Waals surface area (Å²) in [6, 6.07) is 7.63. The maximum absolute atomic E-state index is 14.3. The van der Waals surface area contributed by atoms with E-state index < -0.39 is 54.6 Å². The van der Waals surface area contributed by atoms with Crippen molar-refractivity contribution in [2.24, 2.45) is 10.7 Å². The molecule has 11 N–H and O–H groups in total. The Balaban J connectivity index is 1.63. The Morgan fingerprint density at radius 1 is 1.06 bits per heavy atom. The average molecular weight is 696 g/mol. The van der Waals surface area contributed by atoms with Gasteiger partial charge in [-0.05, 0) is 54.5 Å². The summed E-state index contributed by atoms with van der Waals surface area (Å²) in [5.74, 6) is -1.94. The van der Waals surface area contributed by atoms with Crippen LogP contribution in [0.1, 0.15) is 67.3 Å².